The molecule has 138 valence electrons. The number of aromatic amines is 1. The Balaban J connectivity index is 1.65. The smallest absolute Gasteiger partial charge is 0.246 e. The van der Waals surface area contributed by atoms with Gasteiger partial charge in [0.2, 0.25) is 5.91 Å². The fraction of sp³-hybridized carbons (Fsp3) is 0.421. The number of ether oxygens (including phenoxy) is 1. The Hall–Kier alpha value is -2.83. The van der Waals surface area contributed by atoms with Gasteiger partial charge in [0, 0.05) is 31.8 Å². The lowest BCUT2D eigenvalue weighted by molar-refractivity contribution is -0.133. The predicted octanol–water partition coefficient (Wildman–Crippen LogP) is 2.65. The highest BCUT2D eigenvalue weighted by Gasteiger charge is 2.21. The Morgan fingerprint density at radius 1 is 1.35 bits per heavy atom. The standard InChI is InChI=1S/C19H25N5O2/c1-12-10-13(2)24(22-12)14(3)19(25)23(4)9-8-18-20-16-7-6-15(26-5)11-17(16)21-18/h6-7,10-11,14H,8-9H2,1-5H3,(H,20,21)/t14-/m0/s1. The molecule has 3 rings (SSSR count). The number of amides is 1. The number of fused-ring (bicyclic) bond motifs is 1. The number of nitrogens with zero attached hydrogens (tertiary/aromatic N) is 4. The Kier molecular flexibility index (Phi) is 4.97. The van der Waals surface area contributed by atoms with Crippen molar-refractivity contribution in [1.29, 1.82) is 0 Å². The first kappa shape index (κ1) is 18.0. The average Bonchev–Trinajstić information content (AvgIpc) is 3.19. The lowest BCUT2D eigenvalue weighted by Crippen LogP contribution is -2.35. The molecule has 3 aromatic rings. The molecule has 0 aliphatic carbocycles. The zero-order chi connectivity index (χ0) is 18.8. The Morgan fingerprint density at radius 3 is 2.77 bits per heavy atom. The molecular weight excluding hydrogens is 330 g/mol. The van der Waals surface area contributed by atoms with Crippen LogP contribution in [0.2, 0.25) is 0 Å². The summed E-state index contributed by atoms with van der Waals surface area (Å²) in [5.41, 5.74) is 3.74. The summed E-state index contributed by atoms with van der Waals surface area (Å²) in [5, 5.41) is 4.42. The summed E-state index contributed by atoms with van der Waals surface area (Å²) in [5.74, 6) is 1.68. The number of carbonyl (C=O) groups excluding carboxylic acids is 1. The minimum atomic E-state index is -0.325. The maximum absolute atomic E-state index is 12.7. The van der Waals surface area contributed by atoms with E-state index in [9.17, 15) is 4.79 Å². The molecule has 0 radical (unpaired) electrons. The van der Waals surface area contributed by atoms with Crippen molar-refractivity contribution in [3.63, 3.8) is 0 Å². The number of carbonyl (C=O) groups is 1. The molecular formula is C19H25N5O2. The van der Waals surface area contributed by atoms with Crippen LogP contribution in [0.4, 0.5) is 0 Å². The summed E-state index contributed by atoms with van der Waals surface area (Å²) in [6.07, 6.45) is 0.656. The van der Waals surface area contributed by atoms with Gasteiger partial charge in [-0.1, -0.05) is 0 Å². The summed E-state index contributed by atoms with van der Waals surface area (Å²) < 4.78 is 7.01. The number of rotatable bonds is 6. The van der Waals surface area contributed by atoms with Gasteiger partial charge in [0.1, 0.15) is 17.6 Å². The van der Waals surface area contributed by atoms with E-state index in [1.54, 1.807) is 16.7 Å². The molecule has 0 spiro atoms. The second-order valence-electron chi connectivity index (χ2n) is 6.62. The summed E-state index contributed by atoms with van der Waals surface area (Å²) in [6, 6.07) is 7.39. The Bertz CT molecular complexity index is 927. The monoisotopic (exact) mass is 355 g/mol. The minimum absolute atomic E-state index is 0.0361. The van der Waals surface area contributed by atoms with Gasteiger partial charge in [-0.2, -0.15) is 5.10 Å². The molecule has 0 saturated carbocycles. The van der Waals surface area contributed by atoms with Crippen LogP contribution in [0.25, 0.3) is 11.0 Å². The zero-order valence-electron chi connectivity index (χ0n) is 15.9. The number of H-pyrrole nitrogens is 1. The van der Waals surface area contributed by atoms with Crippen LogP contribution in [-0.4, -0.2) is 51.3 Å². The van der Waals surface area contributed by atoms with Gasteiger partial charge in [-0.3, -0.25) is 9.48 Å². The number of hydrogen-bond donors (Lipinski definition) is 1. The van der Waals surface area contributed by atoms with Crippen LogP contribution in [0.3, 0.4) is 0 Å². The fourth-order valence-corrected chi connectivity index (χ4v) is 3.13. The van der Waals surface area contributed by atoms with E-state index in [0.29, 0.717) is 13.0 Å². The van der Waals surface area contributed by atoms with Crippen molar-refractivity contribution in [2.24, 2.45) is 0 Å². The maximum Gasteiger partial charge on any atom is 0.246 e. The van der Waals surface area contributed by atoms with Crippen LogP contribution in [0.5, 0.6) is 5.75 Å². The quantitative estimate of drug-likeness (QED) is 0.737. The second kappa shape index (κ2) is 7.19. The Morgan fingerprint density at radius 2 is 2.12 bits per heavy atom. The molecule has 0 aliphatic rings. The highest BCUT2D eigenvalue weighted by molar-refractivity contribution is 5.80. The van der Waals surface area contributed by atoms with Gasteiger partial charge < -0.3 is 14.6 Å². The molecule has 0 fully saturated rings. The molecule has 0 unspecified atom stereocenters. The summed E-state index contributed by atoms with van der Waals surface area (Å²) in [7, 11) is 3.46. The van der Waals surface area contributed by atoms with Gasteiger partial charge >= 0.3 is 0 Å². The number of aromatic nitrogens is 4. The van der Waals surface area contributed by atoms with Gasteiger partial charge in [-0.05, 0) is 39.0 Å². The van der Waals surface area contributed by atoms with E-state index < -0.39 is 0 Å². The van der Waals surface area contributed by atoms with E-state index in [1.165, 1.54) is 0 Å². The van der Waals surface area contributed by atoms with Crippen LogP contribution in [-0.2, 0) is 11.2 Å². The van der Waals surface area contributed by atoms with E-state index in [4.69, 9.17) is 4.74 Å². The maximum atomic E-state index is 12.7. The summed E-state index contributed by atoms with van der Waals surface area (Å²) >= 11 is 0. The van der Waals surface area contributed by atoms with Crippen LogP contribution in [0.1, 0.15) is 30.2 Å². The molecule has 2 heterocycles. The number of methoxy groups -OCH3 is 1. The number of hydrogen-bond acceptors (Lipinski definition) is 4. The van der Waals surface area contributed by atoms with Gasteiger partial charge in [0.05, 0.1) is 23.8 Å². The first-order chi connectivity index (χ1) is 12.4. The van der Waals surface area contributed by atoms with Crippen LogP contribution in [0.15, 0.2) is 24.3 Å². The van der Waals surface area contributed by atoms with Crippen molar-refractivity contribution in [1.82, 2.24) is 24.6 Å². The van der Waals surface area contributed by atoms with Crippen molar-refractivity contribution in [3.8, 4) is 5.75 Å². The SMILES string of the molecule is COc1ccc2nc(CCN(C)C(=O)[C@H](C)n3nc(C)cc3C)[nH]c2c1. The van der Waals surface area contributed by atoms with Gasteiger partial charge in [0.15, 0.2) is 0 Å². The number of nitrogens with one attached hydrogen (secondary N) is 1. The lowest BCUT2D eigenvalue weighted by atomic mass is 10.2. The molecule has 7 heteroatoms. The number of imidazole rings is 1. The number of benzene rings is 1. The molecule has 1 amide bonds. The van der Waals surface area contributed by atoms with Crippen molar-refractivity contribution >= 4 is 16.9 Å². The van der Waals surface area contributed by atoms with E-state index in [-0.39, 0.29) is 11.9 Å². The van der Waals surface area contributed by atoms with Crippen molar-refractivity contribution in [2.75, 3.05) is 20.7 Å². The van der Waals surface area contributed by atoms with Crippen molar-refractivity contribution < 1.29 is 9.53 Å². The molecule has 7 nitrogen and oxygen atoms in total. The molecule has 1 aromatic carbocycles. The van der Waals surface area contributed by atoms with Crippen LogP contribution < -0.4 is 4.74 Å². The second-order valence-corrected chi connectivity index (χ2v) is 6.62. The van der Waals surface area contributed by atoms with E-state index in [0.717, 1.165) is 34.0 Å². The van der Waals surface area contributed by atoms with Crippen molar-refractivity contribution in [2.45, 2.75) is 33.2 Å². The molecule has 0 saturated heterocycles. The highest BCUT2D eigenvalue weighted by atomic mass is 16.5. The molecule has 1 N–H and O–H groups in total. The van der Waals surface area contributed by atoms with Gasteiger partial charge in [-0.15, -0.1) is 0 Å². The molecule has 0 aliphatic heterocycles. The Labute approximate surface area is 153 Å². The lowest BCUT2D eigenvalue weighted by Gasteiger charge is -2.22. The topological polar surface area (TPSA) is 76.0 Å². The average molecular weight is 355 g/mol. The number of likely N-dealkylation sites (N-methyl/N-ethyl adjacent to an activating group) is 1. The van der Waals surface area contributed by atoms with Crippen LogP contribution in [0, 0.1) is 13.8 Å². The van der Waals surface area contributed by atoms with Crippen molar-refractivity contribution in [3.05, 3.63) is 41.5 Å². The normalized spacial score (nSPS) is 12.3. The zero-order valence-corrected chi connectivity index (χ0v) is 15.9. The largest absolute Gasteiger partial charge is 0.497 e. The molecule has 26 heavy (non-hydrogen) atoms. The van der Waals surface area contributed by atoms with E-state index in [1.807, 2.05) is 52.1 Å². The third-order valence-corrected chi connectivity index (χ3v) is 4.57. The molecule has 0 bridgehead atoms. The minimum Gasteiger partial charge on any atom is -0.497 e. The summed E-state index contributed by atoms with van der Waals surface area (Å²) in [6.45, 7) is 6.36. The fourth-order valence-electron chi connectivity index (χ4n) is 3.13. The number of aryl methyl sites for hydroxylation is 2. The van der Waals surface area contributed by atoms with Crippen LogP contribution >= 0.6 is 0 Å². The summed E-state index contributed by atoms with van der Waals surface area (Å²) in [4.78, 5) is 22.3. The van der Waals surface area contributed by atoms with Gasteiger partial charge in [0.25, 0.3) is 0 Å². The third-order valence-electron chi connectivity index (χ3n) is 4.57. The van der Waals surface area contributed by atoms with E-state index >= 15 is 0 Å². The molecule has 1 atom stereocenters. The third kappa shape index (κ3) is 3.56. The predicted molar refractivity (Wildman–Crippen MR) is 100 cm³/mol. The highest BCUT2D eigenvalue weighted by Crippen LogP contribution is 2.19. The first-order valence-electron chi connectivity index (χ1n) is 8.69. The molecule has 2 aromatic heterocycles. The van der Waals surface area contributed by atoms with E-state index in [2.05, 4.69) is 15.1 Å². The first-order valence-corrected chi connectivity index (χ1v) is 8.69. The van der Waals surface area contributed by atoms with Gasteiger partial charge in [-0.25, -0.2) is 4.98 Å².